The molecule has 2 aliphatic heterocycles. The van der Waals surface area contributed by atoms with Gasteiger partial charge in [0.2, 0.25) is 0 Å². The lowest BCUT2D eigenvalue weighted by Crippen LogP contribution is -2.57. The number of likely N-dealkylation sites (N-methyl/N-ethyl adjacent to an activating group) is 1. The lowest BCUT2D eigenvalue weighted by molar-refractivity contribution is -0.0879. The molecule has 0 aliphatic carbocycles. The Labute approximate surface area is 108 Å². The van der Waals surface area contributed by atoms with Crippen LogP contribution in [0.1, 0.15) is 12.8 Å². The van der Waals surface area contributed by atoms with Crippen LogP contribution < -0.4 is 10.5 Å². The minimum Gasteiger partial charge on any atom is -0.490 e. The third-order valence-electron chi connectivity index (χ3n) is 4.03. The van der Waals surface area contributed by atoms with E-state index in [0.29, 0.717) is 18.2 Å². The van der Waals surface area contributed by atoms with Gasteiger partial charge < -0.3 is 15.2 Å². The van der Waals surface area contributed by atoms with E-state index in [0.717, 1.165) is 37.5 Å². The number of hydrogen-bond acceptors (Lipinski definition) is 4. The van der Waals surface area contributed by atoms with E-state index in [-0.39, 0.29) is 0 Å². The average molecular weight is 248 g/mol. The van der Waals surface area contributed by atoms with Gasteiger partial charge in [-0.1, -0.05) is 0 Å². The van der Waals surface area contributed by atoms with Gasteiger partial charge in [0.05, 0.1) is 13.2 Å². The fourth-order valence-corrected chi connectivity index (χ4v) is 2.88. The summed E-state index contributed by atoms with van der Waals surface area (Å²) in [7, 11) is 2.19. The zero-order chi connectivity index (χ0) is 12.5. The molecule has 0 amide bonds. The largest absolute Gasteiger partial charge is 0.490 e. The van der Waals surface area contributed by atoms with Crippen molar-refractivity contribution in [2.24, 2.45) is 0 Å². The third-order valence-corrected chi connectivity index (χ3v) is 4.03. The first-order chi connectivity index (χ1) is 8.72. The number of fused-ring (bicyclic) bond motifs is 2. The molecule has 4 nitrogen and oxygen atoms in total. The van der Waals surface area contributed by atoms with Crippen LogP contribution in [0.15, 0.2) is 24.3 Å². The Balaban J connectivity index is 1.66. The van der Waals surface area contributed by atoms with Crippen LogP contribution >= 0.6 is 0 Å². The molecule has 1 aromatic rings. The number of benzene rings is 1. The topological polar surface area (TPSA) is 47.7 Å². The van der Waals surface area contributed by atoms with Crippen LogP contribution in [-0.4, -0.2) is 43.3 Å². The van der Waals surface area contributed by atoms with Crippen molar-refractivity contribution in [1.82, 2.24) is 4.90 Å². The van der Waals surface area contributed by atoms with Crippen molar-refractivity contribution in [2.45, 2.75) is 31.0 Å². The van der Waals surface area contributed by atoms with Gasteiger partial charge in [-0.05, 0) is 31.3 Å². The van der Waals surface area contributed by atoms with Crippen molar-refractivity contribution in [1.29, 1.82) is 0 Å². The Morgan fingerprint density at radius 1 is 1.17 bits per heavy atom. The van der Waals surface area contributed by atoms with Crippen LogP contribution in [0.25, 0.3) is 0 Å². The molecule has 2 atom stereocenters. The van der Waals surface area contributed by atoms with E-state index >= 15 is 0 Å². The van der Waals surface area contributed by atoms with Crippen molar-refractivity contribution < 1.29 is 9.47 Å². The highest BCUT2D eigenvalue weighted by Crippen LogP contribution is 2.29. The standard InChI is InChI=1S/C14H20N2O2/c1-16-11-6-14(7-12(16)9-17-8-11)18-13-4-2-10(15)3-5-13/h2-5,11-12,14H,6-9,15H2,1H3/t11-,12-/m0/s1. The molecule has 0 spiro atoms. The molecule has 2 heterocycles. The summed E-state index contributed by atoms with van der Waals surface area (Å²) in [5.74, 6) is 0.915. The maximum absolute atomic E-state index is 6.06. The van der Waals surface area contributed by atoms with Gasteiger partial charge in [0, 0.05) is 30.6 Å². The smallest absolute Gasteiger partial charge is 0.119 e. The molecule has 2 bridgehead atoms. The van der Waals surface area contributed by atoms with E-state index in [1.165, 1.54) is 0 Å². The normalized spacial score (nSPS) is 32.2. The number of ether oxygens (including phenoxy) is 2. The fourth-order valence-electron chi connectivity index (χ4n) is 2.88. The van der Waals surface area contributed by atoms with E-state index in [2.05, 4.69) is 11.9 Å². The van der Waals surface area contributed by atoms with Crippen molar-refractivity contribution >= 4 is 5.69 Å². The molecule has 1 aromatic carbocycles. The highest BCUT2D eigenvalue weighted by atomic mass is 16.5. The summed E-state index contributed by atoms with van der Waals surface area (Å²) in [6.45, 7) is 1.66. The summed E-state index contributed by atoms with van der Waals surface area (Å²) < 4.78 is 11.7. The van der Waals surface area contributed by atoms with Gasteiger partial charge in [0.1, 0.15) is 11.9 Å². The Bertz CT molecular complexity index is 393. The van der Waals surface area contributed by atoms with Crippen LogP contribution in [0.4, 0.5) is 5.69 Å². The molecule has 2 aliphatic rings. The van der Waals surface area contributed by atoms with Crippen LogP contribution in [0.3, 0.4) is 0 Å². The molecular formula is C14H20N2O2. The number of rotatable bonds is 2. The second kappa shape index (κ2) is 4.78. The summed E-state index contributed by atoms with van der Waals surface area (Å²) in [6, 6.07) is 8.65. The second-order valence-corrected chi connectivity index (χ2v) is 5.29. The summed E-state index contributed by atoms with van der Waals surface area (Å²) >= 11 is 0. The van der Waals surface area contributed by atoms with E-state index in [9.17, 15) is 0 Å². The Morgan fingerprint density at radius 3 is 2.39 bits per heavy atom. The monoisotopic (exact) mass is 248 g/mol. The number of piperidine rings is 1. The number of morpholine rings is 1. The predicted octanol–water partition coefficient (Wildman–Crippen LogP) is 1.51. The molecule has 18 heavy (non-hydrogen) atoms. The highest BCUT2D eigenvalue weighted by molar-refractivity contribution is 5.41. The number of hydrogen-bond donors (Lipinski definition) is 1. The van der Waals surface area contributed by atoms with Crippen LogP contribution in [0.5, 0.6) is 5.75 Å². The predicted molar refractivity (Wildman–Crippen MR) is 70.7 cm³/mol. The molecule has 98 valence electrons. The van der Waals surface area contributed by atoms with Gasteiger partial charge in [0.25, 0.3) is 0 Å². The Hall–Kier alpha value is -1.26. The van der Waals surface area contributed by atoms with Gasteiger partial charge in [-0.15, -0.1) is 0 Å². The van der Waals surface area contributed by atoms with E-state index in [4.69, 9.17) is 15.2 Å². The number of nitrogens with two attached hydrogens (primary N) is 1. The van der Waals surface area contributed by atoms with E-state index < -0.39 is 0 Å². The summed E-state index contributed by atoms with van der Waals surface area (Å²) in [5, 5.41) is 0. The molecule has 0 saturated carbocycles. The van der Waals surface area contributed by atoms with Crippen LogP contribution in [-0.2, 0) is 4.74 Å². The lowest BCUT2D eigenvalue weighted by Gasteiger charge is -2.46. The second-order valence-electron chi connectivity index (χ2n) is 5.29. The quantitative estimate of drug-likeness (QED) is 0.806. The van der Waals surface area contributed by atoms with Crippen LogP contribution in [0, 0.1) is 0 Å². The molecule has 2 N–H and O–H groups in total. The Kier molecular flexibility index (Phi) is 3.14. The summed E-state index contributed by atoms with van der Waals surface area (Å²) in [4.78, 5) is 2.44. The minimum atomic E-state index is 0.295. The Morgan fingerprint density at radius 2 is 1.78 bits per heavy atom. The number of anilines is 1. The van der Waals surface area contributed by atoms with Gasteiger partial charge in [0.15, 0.2) is 0 Å². The molecule has 0 unspecified atom stereocenters. The number of nitrogens with zero attached hydrogens (tertiary/aromatic N) is 1. The lowest BCUT2D eigenvalue weighted by atomic mass is 9.92. The molecule has 4 heteroatoms. The molecule has 3 rings (SSSR count). The maximum Gasteiger partial charge on any atom is 0.119 e. The summed E-state index contributed by atoms with van der Waals surface area (Å²) in [5.41, 5.74) is 6.45. The SMILES string of the molecule is CN1[C@@H]2COC[C@@H]1CC(Oc1ccc(N)cc1)C2. The van der Waals surface area contributed by atoms with Crippen LogP contribution in [0.2, 0.25) is 0 Å². The van der Waals surface area contributed by atoms with Gasteiger partial charge in [-0.25, -0.2) is 0 Å². The van der Waals surface area contributed by atoms with Gasteiger partial charge in [-0.2, -0.15) is 0 Å². The zero-order valence-electron chi connectivity index (χ0n) is 10.7. The van der Waals surface area contributed by atoms with Gasteiger partial charge in [-0.3, -0.25) is 4.90 Å². The molecule has 2 fully saturated rings. The first-order valence-corrected chi connectivity index (χ1v) is 6.54. The summed E-state index contributed by atoms with van der Waals surface area (Å²) in [6.07, 6.45) is 2.37. The van der Waals surface area contributed by atoms with Crippen molar-refractivity contribution in [3.63, 3.8) is 0 Å². The zero-order valence-corrected chi connectivity index (χ0v) is 10.7. The molecule has 0 radical (unpaired) electrons. The first-order valence-electron chi connectivity index (χ1n) is 6.54. The number of nitrogen functional groups attached to an aromatic ring is 1. The maximum atomic E-state index is 6.06. The third kappa shape index (κ3) is 2.31. The average Bonchev–Trinajstić information content (AvgIpc) is 2.33. The minimum absolute atomic E-state index is 0.295. The molecular weight excluding hydrogens is 228 g/mol. The first kappa shape index (κ1) is 11.8. The van der Waals surface area contributed by atoms with Crippen molar-refractivity contribution in [3.8, 4) is 5.75 Å². The van der Waals surface area contributed by atoms with Crippen molar-refractivity contribution in [2.75, 3.05) is 26.0 Å². The molecule has 2 saturated heterocycles. The van der Waals surface area contributed by atoms with Crippen molar-refractivity contribution in [3.05, 3.63) is 24.3 Å². The van der Waals surface area contributed by atoms with E-state index in [1.54, 1.807) is 0 Å². The molecule has 0 aromatic heterocycles. The fraction of sp³-hybridized carbons (Fsp3) is 0.571. The van der Waals surface area contributed by atoms with E-state index in [1.807, 2.05) is 24.3 Å². The van der Waals surface area contributed by atoms with Gasteiger partial charge >= 0.3 is 0 Å². The highest BCUT2D eigenvalue weighted by Gasteiger charge is 2.37.